The minimum atomic E-state index is -3.72. The molecule has 4 aromatic rings. The van der Waals surface area contributed by atoms with Crippen LogP contribution in [0.15, 0.2) is 76.7 Å². The predicted octanol–water partition coefficient (Wildman–Crippen LogP) is 4.12. The summed E-state index contributed by atoms with van der Waals surface area (Å²) in [6.07, 6.45) is 3.15. The molecule has 0 spiro atoms. The molecule has 28 heavy (non-hydrogen) atoms. The molecular weight excluding hydrogens is 374 g/mol. The fraction of sp³-hybridized carbons (Fsp3) is 0.143. The molecule has 2 heterocycles. The summed E-state index contributed by atoms with van der Waals surface area (Å²) >= 11 is 0. The van der Waals surface area contributed by atoms with Gasteiger partial charge >= 0.3 is 0 Å². The number of hydrogen-bond acceptors (Lipinski definition) is 5. The summed E-state index contributed by atoms with van der Waals surface area (Å²) in [7, 11) is -3.72. The van der Waals surface area contributed by atoms with E-state index in [0.29, 0.717) is 11.5 Å². The lowest BCUT2D eigenvalue weighted by Gasteiger charge is -2.11. The van der Waals surface area contributed by atoms with Crippen molar-refractivity contribution in [1.29, 1.82) is 0 Å². The number of sulfone groups is 1. The molecule has 0 saturated heterocycles. The topological polar surface area (TPSA) is 78.0 Å². The maximum atomic E-state index is 13.0. The third-order valence-corrected chi connectivity index (χ3v) is 6.00. The maximum Gasteiger partial charge on any atom is 0.232 e. The van der Waals surface area contributed by atoms with Gasteiger partial charge in [0.15, 0.2) is 5.76 Å². The summed E-state index contributed by atoms with van der Waals surface area (Å²) in [6, 6.07) is 17.0. The van der Waals surface area contributed by atoms with Crippen LogP contribution in [0.25, 0.3) is 17.0 Å². The van der Waals surface area contributed by atoms with Gasteiger partial charge in [-0.2, -0.15) is 0 Å². The Morgan fingerprint density at radius 2 is 1.82 bits per heavy atom. The summed E-state index contributed by atoms with van der Waals surface area (Å²) in [6.45, 7) is 3.91. The number of aromatic nitrogens is 3. The van der Waals surface area contributed by atoms with Gasteiger partial charge in [0.2, 0.25) is 15.0 Å². The zero-order valence-electron chi connectivity index (χ0n) is 15.5. The van der Waals surface area contributed by atoms with E-state index in [9.17, 15) is 8.42 Å². The van der Waals surface area contributed by atoms with E-state index in [0.717, 1.165) is 22.4 Å². The summed E-state index contributed by atoms with van der Waals surface area (Å²) in [4.78, 5) is 4.11. The molecule has 0 atom stereocenters. The van der Waals surface area contributed by atoms with E-state index in [4.69, 9.17) is 4.52 Å². The number of rotatable bonds is 5. The molecule has 0 N–H and O–H groups in total. The van der Waals surface area contributed by atoms with E-state index < -0.39 is 9.84 Å². The third-order valence-electron chi connectivity index (χ3n) is 4.46. The van der Waals surface area contributed by atoms with Gasteiger partial charge in [-0.25, -0.2) is 13.4 Å². The largest absolute Gasteiger partial charge is 0.356 e. The second kappa shape index (κ2) is 7.09. The monoisotopic (exact) mass is 393 g/mol. The first kappa shape index (κ1) is 18.2. The summed E-state index contributed by atoms with van der Waals surface area (Å²) in [5.74, 6) is 0.245. The zero-order valence-corrected chi connectivity index (χ0v) is 16.3. The van der Waals surface area contributed by atoms with Crippen LogP contribution in [0, 0.1) is 13.8 Å². The fourth-order valence-corrected chi connectivity index (χ4v) is 4.39. The van der Waals surface area contributed by atoms with Crippen molar-refractivity contribution in [3.8, 4) is 17.0 Å². The van der Waals surface area contributed by atoms with Crippen molar-refractivity contribution in [2.24, 2.45) is 0 Å². The number of imidazole rings is 1. The fourth-order valence-electron chi connectivity index (χ4n) is 3.06. The molecule has 0 fully saturated rings. The van der Waals surface area contributed by atoms with Crippen molar-refractivity contribution in [2.75, 3.05) is 0 Å². The molecule has 0 aliphatic carbocycles. The van der Waals surface area contributed by atoms with E-state index in [1.54, 1.807) is 16.8 Å². The molecule has 7 heteroatoms. The molecule has 0 aliphatic rings. The quantitative estimate of drug-likeness (QED) is 0.510. The average molecular weight is 393 g/mol. The Kier molecular flexibility index (Phi) is 4.60. The molecule has 0 aliphatic heterocycles. The summed E-state index contributed by atoms with van der Waals surface area (Å²) in [5.41, 5.74) is 3.99. The predicted molar refractivity (Wildman–Crippen MR) is 106 cm³/mol. The molecule has 0 saturated carbocycles. The van der Waals surface area contributed by atoms with E-state index in [-0.39, 0.29) is 10.9 Å². The Hall–Kier alpha value is -3.19. The molecular formula is C21H19N3O3S. The van der Waals surface area contributed by atoms with Crippen LogP contribution in [-0.4, -0.2) is 23.1 Å². The van der Waals surface area contributed by atoms with Gasteiger partial charge in [0.1, 0.15) is 5.75 Å². The van der Waals surface area contributed by atoms with Crippen molar-refractivity contribution < 1.29 is 12.9 Å². The van der Waals surface area contributed by atoms with Gasteiger partial charge < -0.3 is 4.52 Å². The standard InChI is InChI=1S/C21H19N3O3S/c1-15-8-9-16(2)19(12-15)24-11-10-22-21(24)28(25,26)14-18-13-20(27-23-18)17-6-4-3-5-7-17/h3-13H,14H2,1-2H3. The zero-order chi connectivity index (χ0) is 19.7. The Labute approximate surface area is 163 Å². The number of aryl methyl sites for hydroxylation is 2. The smallest absolute Gasteiger partial charge is 0.232 e. The van der Waals surface area contributed by atoms with E-state index in [1.165, 1.54) is 6.20 Å². The van der Waals surface area contributed by atoms with Crippen LogP contribution in [0.3, 0.4) is 0 Å². The Morgan fingerprint density at radius 1 is 1.04 bits per heavy atom. The van der Waals surface area contributed by atoms with Gasteiger partial charge in [-0.05, 0) is 31.0 Å². The molecule has 4 rings (SSSR count). The number of benzene rings is 2. The van der Waals surface area contributed by atoms with Crippen LogP contribution in [0.1, 0.15) is 16.8 Å². The van der Waals surface area contributed by atoms with Crippen molar-refractivity contribution >= 4 is 9.84 Å². The van der Waals surface area contributed by atoms with Crippen LogP contribution in [0.4, 0.5) is 0 Å². The van der Waals surface area contributed by atoms with Crippen LogP contribution in [-0.2, 0) is 15.6 Å². The highest BCUT2D eigenvalue weighted by molar-refractivity contribution is 7.90. The summed E-state index contributed by atoms with van der Waals surface area (Å²) in [5, 5.41) is 3.92. The van der Waals surface area contributed by atoms with Gasteiger partial charge in [-0.1, -0.05) is 47.6 Å². The highest BCUT2D eigenvalue weighted by atomic mass is 32.2. The van der Waals surface area contributed by atoms with Crippen LogP contribution < -0.4 is 0 Å². The Morgan fingerprint density at radius 3 is 2.61 bits per heavy atom. The second-order valence-corrected chi connectivity index (χ2v) is 8.56. The van der Waals surface area contributed by atoms with E-state index in [2.05, 4.69) is 10.1 Å². The molecule has 2 aromatic heterocycles. The molecule has 0 unspecified atom stereocenters. The van der Waals surface area contributed by atoms with Crippen molar-refractivity contribution in [2.45, 2.75) is 24.8 Å². The van der Waals surface area contributed by atoms with Gasteiger partial charge in [-0.15, -0.1) is 0 Å². The minimum absolute atomic E-state index is 0.00883. The first-order valence-electron chi connectivity index (χ1n) is 8.79. The van der Waals surface area contributed by atoms with Crippen molar-refractivity contribution in [1.82, 2.24) is 14.7 Å². The molecule has 142 valence electrons. The van der Waals surface area contributed by atoms with Crippen LogP contribution in [0.5, 0.6) is 0 Å². The maximum absolute atomic E-state index is 13.0. The molecule has 0 radical (unpaired) electrons. The lowest BCUT2D eigenvalue weighted by Crippen LogP contribution is -2.12. The molecule has 6 nitrogen and oxygen atoms in total. The number of hydrogen-bond donors (Lipinski definition) is 0. The van der Waals surface area contributed by atoms with Gasteiger partial charge in [-0.3, -0.25) is 4.57 Å². The first-order chi connectivity index (χ1) is 13.4. The lowest BCUT2D eigenvalue weighted by atomic mass is 10.1. The van der Waals surface area contributed by atoms with Crippen molar-refractivity contribution in [3.05, 3.63) is 83.8 Å². The van der Waals surface area contributed by atoms with Crippen molar-refractivity contribution in [3.63, 3.8) is 0 Å². The van der Waals surface area contributed by atoms with E-state index in [1.807, 2.05) is 62.4 Å². The normalized spacial score (nSPS) is 11.6. The third kappa shape index (κ3) is 3.48. The Balaban J connectivity index is 1.67. The van der Waals surface area contributed by atoms with Crippen LogP contribution in [0.2, 0.25) is 0 Å². The van der Waals surface area contributed by atoms with Gasteiger partial charge in [0, 0.05) is 24.0 Å². The SMILES string of the molecule is Cc1ccc(C)c(-n2ccnc2S(=O)(=O)Cc2cc(-c3ccccc3)on2)c1. The summed E-state index contributed by atoms with van der Waals surface area (Å²) < 4.78 is 33.0. The highest BCUT2D eigenvalue weighted by Gasteiger charge is 2.24. The van der Waals surface area contributed by atoms with E-state index >= 15 is 0 Å². The number of nitrogens with zero attached hydrogens (tertiary/aromatic N) is 3. The lowest BCUT2D eigenvalue weighted by molar-refractivity contribution is 0.425. The highest BCUT2D eigenvalue weighted by Crippen LogP contribution is 2.24. The first-order valence-corrected chi connectivity index (χ1v) is 10.4. The molecule has 2 aromatic carbocycles. The molecule has 0 bridgehead atoms. The average Bonchev–Trinajstić information content (AvgIpc) is 3.34. The van der Waals surface area contributed by atoms with Crippen LogP contribution >= 0.6 is 0 Å². The Bertz CT molecular complexity index is 1220. The minimum Gasteiger partial charge on any atom is -0.356 e. The molecule has 0 amide bonds. The van der Waals surface area contributed by atoms with Gasteiger partial charge in [0.05, 0.1) is 11.4 Å². The second-order valence-electron chi connectivity index (χ2n) is 6.68. The van der Waals surface area contributed by atoms with Gasteiger partial charge in [0.25, 0.3) is 0 Å².